The van der Waals surface area contributed by atoms with Gasteiger partial charge in [-0.15, -0.1) is 0 Å². The molecule has 0 spiro atoms. The highest BCUT2D eigenvalue weighted by Crippen LogP contribution is 2.25. The van der Waals surface area contributed by atoms with Crippen LogP contribution in [-0.4, -0.2) is 39.8 Å². The van der Waals surface area contributed by atoms with E-state index in [0.717, 1.165) is 6.54 Å². The normalized spacial score (nSPS) is 24.3. The fourth-order valence-electron chi connectivity index (χ4n) is 1.71. The van der Waals surface area contributed by atoms with Gasteiger partial charge in [0.15, 0.2) is 4.84 Å². The van der Waals surface area contributed by atoms with Crippen molar-refractivity contribution in [3.8, 4) is 0 Å². The summed E-state index contributed by atoms with van der Waals surface area (Å²) in [6, 6.07) is 0. The topological polar surface area (TPSA) is 32.3 Å². The summed E-state index contributed by atoms with van der Waals surface area (Å²) in [7, 11) is 0. The largest absolute Gasteiger partial charge is 0.332 e. The summed E-state index contributed by atoms with van der Waals surface area (Å²) in [4.78, 5) is 12.6. The molecule has 1 heterocycles. The minimum atomic E-state index is -0.974. The van der Waals surface area contributed by atoms with E-state index in [9.17, 15) is 4.79 Å². The first-order valence-corrected chi connectivity index (χ1v) is 5.88. The van der Waals surface area contributed by atoms with Crippen molar-refractivity contribution in [2.75, 3.05) is 13.1 Å². The molecule has 1 amide bonds. The van der Waals surface area contributed by atoms with Gasteiger partial charge in [0.05, 0.1) is 0 Å². The second-order valence-corrected chi connectivity index (χ2v) is 6.37. The van der Waals surface area contributed by atoms with Crippen LogP contribution in [-0.2, 0) is 4.79 Å². The van der Waals surface area contributed by atoms with Gasteiger partial charge in [-0.05, 0) is 27.7 Å². The van der Waals surface area contributed by atoms with Crippen LogP contribution in [0.3, 0.4) is 0 Å². The average Bonchev–Trinajstić information content (AvgIpc) is 2.08. The molecule has 1 rings (SSSR count). The van der Waals surface area contributed by atoms with Gasteiger partial charge in [0.1, 0.15) is 0 Å². The summed E-state index contributed by atoms with van der Waals surface area (Å²) in [5.74, 6) is -0.210. The Morgan fingerprint density at radius 2 is 1.87 bits per heavy atom. The van der Waals surface area contributed by atoms with Gasteiger partial charge in [-0.3, -0.25) is 4.79 Å². The summed E-state index contributed by atoms with van der Waals surface area (Å²) in [6.07, 6.45) is 0. The lowest BCUT2D eigenvalue weighted by molar-refractivity contribution is -0.138. The quantitative estimate of drug-likeness (QED) is 0.722. The predicted octanol–water partition coefficient (Wildman–Crippen LogP) is 1.78. The SMILES string of the molecule is CC1(C)CN(C(=O)C(Cl)Cl)C(C)(C)CN1. The summed E-state index contributed by atoms with van der Waals surface area (Å²) in [5.41, 5.74) is -0.331. The van der Waals surface area contributed by atoms with E-state index < -0.39 is 4.84 Å². The predicted molar refractivity (Wildman–Crippen MR) is 63.4 cm³/mol. The first kappa shape index (κ1) is 13.1. The Hall–Kier alpha value is 0.01000. The van der Waals surface area contributed by atoms with Crippen LogP contribution in [0, 0.1) is 0 Å². The van der Waals surface area contributed by atoms with Crippen LogP contribution in [0.15, 0.2) is 0 Å². The van der Waals surface area contributed by atoms with Crippen LogP contribution < -0.4 is 5.32 Å². The van der Waals surface area contributed by atoms with E-state index >= 15 is 0 Å². The third-order valence-electron chi connectivity index (χ3n) is 2.74. The standard InChI is InChI=1S/C10H18Cl2N2O/c1-9(2)6-14(8(15)7(11)12)10(3,4)5-13-9/h7,13H,5-6H2,1-4H3. The van der Waals surface area contributed by atoms with Crippen molar-refractivity contribution >= 4 is 29.1 Å². The molecule has 1 aliphatic heterocycles. The highest BCUT2D eigenvalue weighted by molar-refractivity contribution is 6.53. The molecule has 1 N–H and O–H groups in total. The molecule has 0 atom stereocenters. The van der Waals surface area contributed by atoms with Crippen LogP contribution in [0.4, 0.5) is 0 Å². The molecule has 0 aromatic carbocycles. The van der Waals surface area contributed by atoms with Crippen molar-refractivity contribution in [2.24, 2.45) is 0 Å². The highest BCUT2D eigenvalue weighted by Gasteiger charge is 2.41. The number of piperazine rings is 1. The smallest absolute Gasteiger partial charge is 0.256 e. The van der Waals surface area contributed by atoms with Crippen LogP contribution >= 0.6 is 23.2 Å². The summed E-state index contributed by atoms with van der Waals surface area (Å²) in [5, 5.41) is 3.39. The molecule has 0 aromatic heterocycles. The fourth-order valence-corrected chi connectivity index (χ4v) is 1.95. The van der Waals surface area contributed by atoms with E-state index in [4.69, 9.17) is 23.2 Å². The van der Waals surface area contributed by atoms with Gasteiger partial charge in [-0.25, -0.2) is 0 Å². The number of amides is 1. The third kappa shape index (κ3) is 2.99. The number of hydrogen-bond acceptors (Lipinski definition) is 2. The lowest BCUT2D eigenvalue weighted by Crippen LogP contribution is -2.68. The van der Waals surface area contributed by atoms with Gasteiger partial charge in [-0.2, -0.15) is 0 Å². The first-order valence-electron chi connectivity index (χ1n) is 5.00. The van der Waals surface area contributed by atoms with E-state index in [1.165, 1.54) is 0 Å². The molecule has 0 unspecified atom stereocenters. The van der Waals surface area contributed by atoms with E-state index in [-0.39, 0.29) is 17.0 Å². The van der Waals surface area contributed by atoms with E-state index in [1.54, 1.807) is 4.90 Å². The third-order valence-corrected chi connectivity index (χ3v) is 3.11. The maximum absolute atomic E-state index is 11.8. The van der Waals surface area contributed by atoms with Crippen molar-refractivity contribution in [3.05, 3.63) is 0 Å². The Labute approximate surface area is 101 Å². The van der Waals surface area contributed by atoms with E-state index in [0.29, 0.717) is 6.54 Å². The monoisotopic (exact) mass is 252 g/mol. The maximum atomic E-state index is 11.8. The number of hydrogen-bond donors (Lipinski definition) is 1. The average molecular weight is 253 g/mol. The van der Waals surface area contributed by atoms with Gasteiger partial charge in [0, 0.05) is 24.2 Å². The second kappa shape index (κ2) is 4.11. The highest BCUT2D eigenvalue weighted by atomic mass is 35.5. The van der Waals surface area contributed by atoms with Crippen LogP contribution in [0.5, 0.6) is 0 Å². The molecular formula is C10H18Cl2N2O. The maximum Gasteiger partial charge on any atom is 0.256 e. The lowest BCUT2D eigenvalue weighted by atomic mass is 9.91. The van der Waals surface area contributed by atoms with Crippen LogP contribution in [0.2, 0.25) is 0 Å². The zero-order valence-electron chi connectivity index (χ0n) is 9.60. The molecule has 5 heteroatoms. The number of alkyl halides is 2. The van der Waals surface area contributed by atoms with E-state index in [2.05, 4.69) is 19.2 Å². The van der Waals surface area contributed by atoms with Gasteiger partial charge in [-0.1, -0.05) is 23.2 Å². The minimum absolute atomic E-state index is 0.0894. The fraction of sp³-hybridized carbons (Fsp3) is 0.900. The van der Waals surface area contributed by atoms with Gasteiger partial charge < -0.3 is 10.2 Å². The van der Waals surface area contributed by atoms with Gasteiger partial charge in [0.2, 0.25) is 0 Å². The molecule has 15 heavy (non-hydrogen) atoms. The number of rotatable bonds is 1. The molecule has 0 saturated carbocycles. The Morgan fingerprint density at radius 3 is 2.33 bits per heavy atom. The Kier molecular flexibility index (Phi) is 3.59. The Balaban J connectivity index is 2.86. The summed E-state index contributed by atoms with van der Waals surface area (Å²) >= 11 is 11.3. The Morgan fingerprint density at radius 1 is 1.33 bits per heavy atom. The van der Waals surface area contributed by atoms with E-state index in [1.807, 2.05) is 13.8 Å². The summed E-state index contributed by atoms with van der Waals surface area (Å²) in [6.45, 7) is 9.48. The van der Waals surface area contributed by atoms with Gasteiger partial charge >= 0.3 is 0 Å². The zero-order valence-corrected chi connectivity index (χ0v) is 11.1. The van der Waals surface area contributed by atoms with Crippen LogP contribution in [0.1, 0.15) is 27.7 Å². The first-order chi connectivity index (χ1) is 6.66. The molecular weight excluding hydrogens is 235 g/mol. The molecule has 1 saturated heterocycles. The lowest BCUT2D eigenvalue weighted by Gasteiger charge is -2.49. The molecule has 3 nitrogen and oxygen atoms in total. The molecule has 0 aliphatic carbocycles. The number of carbonyl (C=O) groups is 1. The number of halogens is 2. The van der Waals surface area contributed by atoms with Crippen LogP contribution in [0.25, 0.3) is 0 Å². The van der Waals surface area contributed by atoms with Crippen molar-refractivity contribution in [3.63, 3.8) is 0 Å². The minimum Gasteiger partial charge on any atom is -0.332 e. The molecule has 1 aliphatic rings. The summed E-state index contributed by atoms with van der Waals surface area (Å²) < 4.78 is 0. The molecule has 1 fully saturated rings. The van der Waals surface area contributed by atoms with Crippen molar-refractivity contribution in [2.45, 2.75) is 43.6 Å². The zero-order chi connectivity index (χ0) is 11.9. The molecule has 0 aromatic rings. The number of carbonyl (C=O) groups excluding carboxylic acids is 1. The van der Waals surface area contributed by atoms with Crippen molar-refractivity contribution in [1.82, 2.24) is 10.2 Å². The number of nitrogens with zero attached hydrogens (tertiary/aromatic N) is 1. The molecule has 0 bridgehead atoms. The number of nitrogens with one attached hydrogen (secondary N) is 1. The Bertz CT molecular complexity index is 264. The molecule has 88 valence electrons. The van der Waals surface area contributed by atoms with Gasteiger partial charge in [0.25, 0.3) is 5.91 Å². The van der Waals surface area contributed by atoms with Crippen molar-refractivity contribution < 1.29 is 4.79 Å². The molecule has 0 radical (unpaired) electrons. The van der Waals surface area contributed by atoms with Crippen molar-refractivity contribution in [1.29, 1.82) is 0 Å². The second-order valence-electron chi connectivity index (χ2n) is 5.27.